The zero-order chi connectivity index (χ0) is 9.84. The van der Waals surface area contributed by atoms with Crippen molar-refractivity contribution in [1.82, 2.24) is 4.98 Å². The molecule has 1 aromatic rings. The quantitative estimate of drug-likeness (QED) is 0.636. The SMILES string of the molecule is CC.Cc1nc2c(cc1F)CCS2. The standard InChI is InChI=1S/C8H8FNS.C2H6/c1-5-7(9)4-6-2-3-11-8(6)10-5;1-2/h4H,2-3H2,1H3;1-2H3. The Kier molecular flexibility index (Phi) is 3.72. The van der Waals surface area contributed by atoms with Gasteiger partial charge in [-0.25, -0.2) is 9.37 Å². The summed E-state index contributed by atoms with van der Waals surface area (Å²) in [6.45, 7) is 5.70. The van der Waals surface area contributed by atoms with Crippen LogP contribution in [0.5, 0.6) is 0 Å². The van der Waals surface area contributed by atoms with Gasteiger partial charge in [0.05, 0.1) is 10.7 Å². The van der Waals surface area contributed by atoms with Crippen molar-refractivity contribution >= 4 is 11.8 Å². The first kappa shape index (κ1) is 10.5. The van der Waals surface area contributed by atoms with Crippen LogP contribution in [-0.4, -0.2) is 10.7 Å². The van der Waals surface area contributed by atoms with Crippen LogP contribution in [0, 0.1) is 12.7 Å². The summed E-state index contributed by atoms with van der Waals surface area (Å²) in [6, 6.07) is 1.61. The monoisotopic (exact) mass is 199 g/mol. The van der Waals surface area contributed by atoms with E-state index < -0.39 is 0 Å². The van der Waals surface area contributed by atoms with Gasteiger partial charge in [-0.2, -0.15) is 0 Å². The largest absolute Gasteiger partial charge is 0.243 e. The number of aromatic nitrogens is 1. The Hall–Kier alpha value is -0.570. The first-order valence-electron chi connectivity index (χ1n) is 4.56. The summed E-state index contributed by atoms with van der Waals surface area (Å²) in [7, 11) is 0. The molecule has 1 aliphatic heterocycles. The van der Waals surface area contributed by atoms with Crippen molar-refractivity contribution in [3.63, 3.8) is 0 Å². The molecule has 0 bridgehead atoms. The van der Waals surface area contributed by atoms with Crippen molar-refractivity contribution < 1.29 is 4.39 Å². The lowest BCUT2D eigenvalue weighted by molar-refractivity contribution is 0.602. The molecule has 0 radical (unpaired) electrons. The van der Waals surface area contributed by atoms with Crippen LogP contribution in [0.4, 0.5) is 4.39 Å². The van der Waals surface area contributed by atoms with E-state index in [0.29, 0.717) is 5.69 Å². The van der Waals surface area contributed by atoms with Crippen LogP contribution in [0.3, 0.4) is 0 Å². The van der Waals surface area contributed by atoms with Gasteiger partial charge < -0.3 is 0 Å². The van der Waals surface area contributed by atoms with Gasteiger partial charge in [0.15, 0.2) is 0 Å². The van der Waals surface area contributed by atoms with Crippen molar-refractivity contribution in [2.24, 2.45) is 0 Å². The summed E-state index contributed by atoms with van der Waals surface area (Å²) in [5.74, 6) is 0.872. The fourth-order valence-corrected chi connectivity index (χ4v) is 2.22. The first-order valence-corrected chi connectivity index (χ1v) is 5.55. The van der Waals surface area contributed by atoms with Crippen LogP contribution in [0.1, 0.15) is 25.1 Å². The summed E-state index contributed by atoms with van der Waals surface area (Å²) in [5, 5.41) is 1.02. The van der Waals surface area contributed by atoms with E-state index in [0.717, 1.165) is 22.8 Å². The second-order valence-electron chi connectivity index (χ2n) is 2.62. The van der Waals surface area contributed by atoms with E-state index in [-0.39, 0.29) is 5.82 Å². The summed E-state index contributed by atoms with van der Waals surface area (Å²) >= 11 is 1.71. The molecule has 1 nitrogen and oxygen atoms in total. The normalized spacial score (nSPS) is 13.2. The van der Waals surface area contributed by atoms with Gasteiger partial charge in [0.1, 0.15) is 5.82 Å². The van der Waals surface area contributed by atoms with E-state index >= 15 is 0 Å². The molecule has 13 heavy (non-hydrogen) atoms. The molecule has 0 saturated heterocycles. The fourth-order valence-electron chi connectivity index (χ4n) is 1.16. The number of hydrogen-bond acceptors (Lipinski definition) is 2. The second kappa shape index (κ2) is 4.61. The predicted molar refractivity (Wildman–Crippen MR) is 54.7 cm³/mol. The molecule has 0 N–H and O–H groups in total. The number of nitrogens with zero attached hydrogens (tertiary/aromatic N) is 1. The molecule has 0 saturated carbocycles. The molecule has 0 amide bonds. The van der Waals surface area contributed by atoms with Gasteiger partial charge in [0, 0.05) is 5.75 Å². The minimum absolute atomic E-state index is 0.175. The Morgan fingerprint density at radius 2 is 2.15 bits per heavy atom. The molecule has 1 aliphatic rings. The number of hydrogen-bond donors (Lipinski definition) is 0. The summed E-state index contributed by atoms with van der Waals surface area (Å²) < 4.78 is 12.9. The number of rotatable bonds is 0. The van der Waals surface area contributed by atoms with Gasteiger partial charge in [-0.15, -0.1) is 11.8 Å². The summed E-state index contributed by atoms with van der Waals surface area (Å²) in [6.07, 6.45) is 0.962. The van der Waals surface area contributed by atoms with E-state index in [1.165, 1.54) is 0 Å². The predicted octanol–water partition coefficient (Wildman–Crippen LogP) is 3.20. The Morgan fingerprint density at radius 1 is 1.46 bits per heavy atom. The maximum absolute atomic E-state index is 12.9. The fraction of sp³-hybridized carbons (Fsp3) is 0.500. The van der Waals surface area contributed by atoms with Gasteiger partial charge in [-0.05, 0) is 25.0 Å². The maximum atomic E-state index is 12.9. The first-order chi connectivity index (χ1) is 6.27. The lowest BCUT2D eigenvalue weighted by Crippen LogP contribution is -1.92. The van der Waals surface area contributed by atoms with Crippen molar-refractivity contribution in [1.29, 1.82) is 0 Å². The molecule has 0 unspecified atom stereocenters. The van der Waals surface area contributed by atoms with Crippen LogP contribution in [0.25, 0.3) is 0 Å². The third kappa shape index (κ3) is 2.21. The number of halogens is 1. The summed E-state index contributed by atoms with van der Waals surface area (Å²) in [4.78, 5) is 4.14. The third-order valence-corrected chi connectivity index (χ3v) is 2.84. The van der Waals surface area contributed by atoms with Gasteiger partial charge in [-0.3, -0.25) is 0 Å². The smallest absolute Gasteiger partial charge is 0.144 e. The Morgan fingerprint density at radius 3 is 2.85 bits per heavy atom. The highest BCUT2D eigenvalue weighted by Crippen LogP contribution is 2.29. The molecule has 2 rings (SSSR count). The van der Waals surface area contributed by atoms with E-state index in [1.807, 2.05) is 13.8 Å². The molecule has 0 aromatic carbocycles. The highest BCUT2D eigenvalue weighted by atomic mass is 32.2. The van der Waals surface area contributed by atoms with Crippen molar-refractivity contribution in [3.05, 3.63) is 23.1 Å². The van der Waals surface area contributed by atoms with E-state index in [4.69, 9.17) is 0 Å². The zero-order valence-electron chi connectivity index (χ0n) is 8.22. The van der Waals surface area contributed by atoms with Gasteiger partial charge in [-0.1, -0.05) is 13.8 Å². The molecule has 0 aliphatic carbocycles. The van der Waals surface area contributed by atoms with Crippen molar-refractivity contribution in [2.45, 2.75) is 32.2 Å². The minimum Gasteiger partial charge on any atom is -0.243 e. The van der Waals surface area contributed by atoms with Crippen LogP contribution in [0.15, 0.2) is 11.1 Å². The molecule has 0 fully saturated rings. The second-order valence-corrected chi connectivity index (χ2v) is 3.70. The van der Waals surface area contributed by atoms with Crippen LogP contribution >= 0.6 is 11.8 Å². The van der Waals surface area contributed by atoms with E-state index in [1.54, 1.807) is 24.8 Å². The highest BCUT2D eigenvalue weighted by molar-refractivity contribution is 7.99. The molecule has 72 valence electrons. The van der Waals surface area contributed by atoms with Gasteiger partial charge in [0.2, 0.25) is 0 Å². The topological polar surface area (TPSA) is 12.9 Å². The van der Waals surface area contributed by atoms with Crippen LogP contribution in [0.2, 0.25) is 0 Å². The van der Waals surface area contributed by atoms with E-state index in [2.05, 4.69) is 4.98 Å². The minimum atomic E-state index is -0.175. The number of pyridine rings is 1. The average Bonchev–Trinajstić information content (AvgIpc) is 2.56. The highest BCUT2D eigenvalue weighted by Gasteiger charge is 2.14. The summed E-state index contributed by atoms with van der Waals surface area (Å²) in [5.41, 5.74) is 1.58. The zero-order valence-corrected chi connectivity index (χ0v) is 9.04. The average molecular weight is 199 g/mol. The molecule has 2 heterocycles. The lowest BCUT2D eigenvalue weighted by atomic mass is 10.2. The molecular formula is C10H14FNS. The third-order valence-electron chi connectivity index (χ3n) is 1.80. The van der Waals surface area contributed by atoms with Crippen molar-refractivity contribution in [3.8, 4) is 0 Å². The number of fused-ring (bicyclic) bond motifs is 1. The molecule has 0 spiro atoms. The lowest BCUT2D eigenvalue weighted by Gasteiger charge is -1.99. The molecule has 3 heteroatoms. The number of aryl methyl sites for hydroxylation is 2. The van der Waals surface area contributed by atoms with Crippen LogP contribution in [-0.2, 0) is 6.42 Å². The number of thioether (sulfide) groups is 1. The Labute approximate surface area is 82.8 Å². The molecule has 0 atom stereocenters. The van der Waals surface area contributed by atoms with Gasteiger partial charge >= 0.3 is 0 Å². The van der Waals surface area contributed by atoms with Crippen LogP contribution < -0.4 is 0 Å². The maximum Gasteiger partial charge on any atom is 0.144 e. The molecule has 1 aromatic heterocycles. The Bertz CT molecular complexity index is 270. The van der Waals surface area contributed by atoms with Gasteiger partial charge in [0.25, 0.3) is 0 Å². The van der Waals surface area contributed by atoms with E-state index in [9.17, 15) is 4.39 Å². The molecular weight excluding hydrogens is 185 g/mol. The van der Waals surface area contributed by atoms with Crippen molar-refractivity contribution in [2.75, 3.05) is 5.75 Å². The Balaban J connectivity index is 0.000000396.